The zero-order valence-corrected chi connectivity index (χ0v) is 16.3. The summed E-state index contributed by atoms with van der Waals surface area (Å²) in [6.07, 6.45) is -4.65. The highest BCUT2D eigenvalue weighted by Gasteiger charge is 2.47. The quantitative estimate of drug-likeness (QED) is 0.254. The lowest BCUT2D eigenvalue weighted by molar-refractivity contribution is -0.137. The van der Waals surface area contributed by atoms with Crippen LogP contribution in [0.2, 0.25) is 0 Å². The van der Waals surface area contributed by atoms with Crippen LogP contribution >= 0.6 is 0 Å². The Morgan fingerprint density at radius 3 is 2.16 bits per heavy atom. The Balaban J connectivity index is 1.93. The number of Topliss-reactive ketones (excluding diaryl/α,β-unsaturated/α-hetero) is 1. The molecule has 1 saturated heterocycles. The van der Waals surface area contributed by atoms with Crippen molar-refractivity contribution in [2.75, 3.05) is 4.90 Å². The second kappa shape index (κ2) is 7.96. The van der Waals surface area contributed by atoms with E-state index in [9.17, 15) is 32.3 Å². The number of carbonyl (C=O) groups is 2. The third-order valence-corrected chi connectivity index (χ3v) is 5.13. The molecule has 4 rings (SSSR count). The van der Waals surface area contributed by atoms with E-state index in [0.29, 0.717) is 5.56 Å². The van der Waals surface area contributed by atoms with Gasteiger partial charge in [0.2, 0.25) is 0 Å². The van der Waals surface area contributed by atoms with Gasteiger partial charge in [0.15, 0.2) is 0 Å². The molecule has 4 nitrogen and oxygen atoms in total. The summed E-state index contributed by atoms with van der Waals surface area (Å²) < 4.78 is 53.1. The molecule has 3 aromatic carbocycles. The summed E-state index contributed by atoms with van der Waals surface area (Å²) in [5.74, 6) is -3.25. The summed E-state index contributed by atoms with van der Waals surface area (Å²) in [5, 5.41) is 10.9. The van der Waals surface area contributed by atoms with Gasteiger partial charge in [0, 0.05) is 11.3 Å². The van der Waals surface area contributed by atoms with Gasteiger partial charge in [-0.2, -0.15) is 13.2 Å². The molecule has 3 aromatic rings. The molecule has 1 aliphatic rings. The molecule has 8 heteroatoms. The van der Waals surface area contributed by atoms with Crippen molar-refractivity contribution in [1.82, 2.24) is 0 Å². The number of hydrogen-bond acceptors (Lipinski definition) is 3. The van der Waals surface area contributed by atoms with Gasteiger partial charge in [-0.25, -0.2) is 4.39 Å². The predicted molar refractivity (Wildman–Crippen MR) is 109 cm³/mol. The molecular weight excluding hydrogens is 426 g/mol. The van der Waals surface area contributed by atoms with Crippen molar-refractivity contribution in [2.45, 2.75) is 12.2 Å². The maximum absolute atomic E-state index is 13.3. The summed E-state index contributed by atoms with van der Waals surface area (Å²) in [4.78, 5) is 26.8. The first-order chi connectivity index (χ1) is 15.2. The third kappa shape index (κ3) is 3.75. The lowest BCUT2D eigenvalue weighted by atomic mass is 9.95. The average molecular weight is 441 g/mol. The average Bonchev–Trinajstić information content (AvgIpc) is 3.04. The van der Waals surface area contributed by atoms with Gasteiger partial charge in [0.25, 0.3) is 11.7 Å². The van der Waals surface area contributed by atoms with E-state index in [1.54, 1.807) is 30.3 Å². The van der Waals surface area contributed by atoms with Crippen molar-refractivity contribution >= 4 is 23.1 Å². The minimum atomic E-state index is -4.65. The molecule has 1 amide bonds. The van der Waals surface area contributed by atoms with E-state index in [1.807, 2.05) is 0 Å². The van der Waals surface area contributed by atoms with E-state index >= 15 is 0 Å². The van der Waals surface area contributed by atoms with E-state index in [4.69, 9.17) is 0 Å². The Bertz CT molecular complexity index is 1220. The summed E-state index contributed by atoms with van der Waals surface area (Å²) >= 11 is 0. The Morgan fingerprint density at radius 1 is 0.875 bits per heavy atom. The van der Waals surface area contributed by atoms with Crippen LogP contribution in [0.5, 0.6) is 0 Å². The van der Waals surface area contributed by atoms with Gasteiger partial charge in [-0.15, -0.1) is 0 Å². The van der Waals surface area contributed by atoms with Gasteiger partial charge >= 0.3 is 6.18 Å². The Kier molecular flexibility index (Phi) is 5.30. The van der Waals surface area contributed by atoms with Crippen LogP contribution < -0.4 is 4.90 Å². The highest BCUT2D eigenvalue weighted by atomic mass is 19.4. The van der Waals surface area contributed by atoms with Gasteiger partial charge in [0.1, 0.15) is 11.6 Å². The van der Waals surface area contributed by atoms with E-state index in [2.05, 4.69) is 0 Å². The monoisotopic (exact) mass is 441 g/mol. The van der Waals surface area contributed by atoms with Crippen LogP contribution in [-0.2, 0) is 15.8 Å². The fraction of sp³-hybridized carbons (Fsp3) is 0.0833. The number of nitrogens with zero attached hydrogens (tertiary/aromatic N) is 1. The zero-order valence-electron chi connectivity index (χ0n) is 16.3. The van der Waals surface area contributed by atoms with E-state index < -0.39 is 41.0 Å². The SMILES string of the molecule is O=C1C(=O)N(c2cccc(C(F)(F)F)c2)[C@H](c2ccccc2)C1=C(O)c1ccc(F)cc1. The van der Waals surface area contributed by atoms with Crippen molar-refractivity contribution in [3.05, 3.63) is 107 Å². The first kappa shape index (κ1) is 21.3. The van der Waals surface area contributed by atoms with Gasteiger partial charge in [-0.05, 0) is 48.0 Å². The molecule has 1 fully saturated rings. The molecule has 0 bridgehead atoms. The van der Waals surface area contributed by atoms with Crippen LogP contribution in [-0.4, -0.2) is 16.8 Å². The van der Waals surface area contributed by atoms with Gasteiger partial charge in [-0.3, -0.25) is 14.5 Å². The van der Waals surface area contributed by atoms with Crippen LogP contribution in [0.3, 0.4) is 0 Å². The summed E-state index contributed by atoms with van der Waals surface area (Å²) in [6, 6.07) is 15.7. The van der Waals surface area contributed by atoms with Gasteiger partial charge in [-0.1, -0.05) is 36.4 Å². The molecule has 1 N–H and O–H groups in total. The highest BCUT2D eigenvalue weighted by molar-refractivity contribution is 6.51. The van der Waals surface area contributed by atoms with E-state index in [0.717, 1.165) is 35.2 Å². The molecular formula is C24H15F4NO3. The minimum absolute atomic E-state index is 0.0920. The maximum atomic E-state index is 13.3. The fourth-order valence-corrected chi connectivity index (χ4v) is 3.64. The third-order valence-electron chi connectivity index (χ3n) is 5.13. The molecule has 0 unspecified atom stereocenters. The Hall–Kier alpha value is -3.94. The second-order valence-electron chi connectivity index (χ2n) is 7.13. The van der Waals surface area contributed by atoms with Crippen molar-refractivity contribution in [2.24, 2.45) is 0 Å². The summed E-state index contributed by atoms with van der Waals surface area (Å²) in [7, 11) is 0. The number of alkyl halides is 3. The highest BCUT2D eigenvalue weighted by Crippen LogP contribution is 2.43. The number of rotatable bonds is 3. The number of anilines is 1. The smallest absolute Gasteiger partial charge is 0.416 e. The first-order valence-electron chi connectivity index (χ1n) is 9.47. The van der Waals surface area contributed by atoms with Crippen molar-refractivity contribution < 1.29 is 32.3 Å². The molecule has 1 heterocycles. The number of amides is 1. The lowest BCUT2D eigenvalue weighted by Gasteiger charge is -2.26. The lowest BCUT2D eigenvalue weighted by Crippen LogP contribution is -2.29. The van der Waals surface area contributed by atoms with Crippen LogP contribution in [0, 0.1) is 5.82 Å². The van der Waals surface area contributed by atoms with Gasteiger partial charge in [0.05, 0.1) is 17.2 Å². The van der Waals surface area contributed by atoms with Crippen molar-refractivity contribution in [3.63, 3.8) is 0 Å². The molecule has 0 aliphatic carbocycles. The number of benzene rings is 3. The molecule has 1 aliphatic heterocycles. The van der Waals surface area contributed by atoms with Crippen LogP contribution in [0.1, 0.15) is 22.7 Å². The van der Waals surface area contributed by atoms with E-state index in [-0.39, 0.29) is 16.8 Å². The number of halogens is 4. The molecule has 32 heavy (non-hydrogen) atoms. The number of aliphatic hydroxyl groups excluding tert-OH is 1. The Morgan fingerprint density at radius 2 is 1.53 bits per heavy atom. The number of ketones is 1. The van der Waals surface area contributed by atoms with Crippen molar-refractivity contribution in [3.8, 4) is 0 Å². The topological polar surface area (TPSA) is 57.6 Å². The zero-order chi connectivity index (χ0) is 23.0. The van der Waals surface area contributed by atoms with E-state index in [1.165, 1.54) is 18.2 Å². The predicted octanol–water partition coefficient (Wildman–Crippen LogP) is 5.47. The first-order valence-corrected chi connectivity index (χ1v) is 9.47. The molecule has 162 valence electrons. The number of aliphatic hydroxyl groups is 1. The molecule has 0 spiro atoms. The largest absolute Gasteiger partial charge is 0.507 e. The summed E-state index contributed by atoms with van der Waals surface area (Å²) in [5.41, 5.74) is -0.927. The molecule has 0 aromatic heterocycles. The van der Waals surface area contributed by atoms with Crippen LogP contribution in [0.4, 0.5) is 23.2 Å². The maximum Gasteiger partial charge on any atom is 0.416 e. The number of carbonyl (C=O) groups excluding carboxylic acids is 2. The van der Waals surface area contributed by atoms with Crippen LogP contribution in [0.15, 0.2) is 84.4 Å². The standard InChI is InChI=1S/C24H15F4NO3/c25-17-11-9-15(10-12-17)21(30)19-20(14-5-2-1-3-6-14)29(23(32)22(19)31)18-8-4-7-16(13-18)24(26,27)28/h1-13,20,30H/t20-/m1/s1. The normalized spacial score (nSPS) is 18.2. The second-order valence-corrected chi connectivity index (χ2v) is 7.13. The minimum Gasteiger partial charge on any atom is -0.507 e. The van der Waals surface area contributed by atoms with Gasteiger partial charge < -0.3 is 5.11 Å². The Labute approximate surface area is 180 Å². The molecule has 0 saturated carbocycles. The fourth-order valence-electron chi connectivity index (χ4n) is 3.64. The van der Waals surface area contributed by atoms with Crippen molar-refractivity contribution in [1.29, 1.82) is 0 Å². The molecule has 0 radical (unpaired) electrons. The number of hydrogen-bond donors (Lipinski definition) is 1. The van der Waals surface area contributed by atoms with Crippen LogP contribution in [0.25, 0.3) is 5.76 Å². The molecule has 1 atom stereocenters. The summed E-state index contributed by atoms with van der Waals surface area (Å²) in [6.45, 7) is 0.